The fraction of sp³-hybridized carbons (Fsp3) is 0.333. The predicted molar refractivity (Wildman–Crippen MR) is 88.0 cm³/mol. The van der Waals surface area contributed by atoms with Gasteiger partial charge in [-0.15, -0.1) is 24.8 Å². The summed E-state index contributed by atoms with van der Waals surface area (Å²) in [6.07, 6.45) is 2.08. The molecule has 0 aliphatic carbocycles. The van der Waals surface area contributed by atoms with E-state index in [4.69, 9.17) is 10.1 Å². The first kappa shape index (κ1) is 17.7. The Morgan fingerprint density at radius 2 is 2.10 bits per heavy atom. The lowest BCUT2D eigenvalue weighted by molar-refractivity contribution is 0.0697. The molecule has 0 amide bonds. The fourth-order valence-electron chi connectivity index (χ4n) is 2.69. The minimum atomic E-state index is -0.894. The number of hydrogen-bond acceptors (Lipinski definition) is 3. The minimum Gasteiger partial charge on any atom is -0.478 e. The molecule has 2 heterocycles. The summed E-state index contributed by atoms with van der Waals surface area (Å²) >= 11 is 0. The number of nitrogens with one attached hydrogen (secondary N) is 1. The Morgan fingerprint density at radius 3 is 2.81 bits per heavy atom. The molecule has 1 aliphatic rings. The van der Waals surface area contributed by atoms with E-state index in [-0.39, 0.29) is 24.8 Å². The summed E-state index contributed by atoms with van der Waals surface area (Å²) in [5.74, 6) is -0.894. The van der Waals surface area contributed by atoms with Crippen molar-refractivity contribution in [3.63, 3.8) is 0 Å². The third-order valence-electron chi connectivity index (χ3n) is 3.77. The number of nitrogens with zero attached hydrogens (tertiary/aromatic N) is 1. The molecule has 1 aromatic heterocycles. The Hall–Kier alpha value is -1.36. The number of aromatic carboxylic acids is 1. The molecule has 3 rings (SSSR count). The van der Waals surface area contributed by atoms with Crippen molar-refractivity contribution in [1.82, 2.24) is 10.3 Å². The van der Waals surface area contributed by atoms with Crippen LogP contribution in [0.15, 0.2) is 18.2 Å². The summed E-state index contributed by atoms with van der Waals surface area (Å²) < 4.78 is 0. The molecule has 0 spiro atoms. The van der Waals surface area contributed by atoms with E-state index < -0.39 is 5.97 Å². The lowest BCUT2D eigenvalue weighted by Gasteiger charge is -2.12. The maximum Gasteiger partial charge on any atom is 0.335 e. The topological polar surface area (TPSA) is 62.2 Å². The number of aryl methyl sites for hydroxylation is 2. The van der Waals surface area contributed by atoms with Crippen molar-refractivity contribution in [3.05, 3.63) is 40.6 Å². The predicted octanol–water partition coefficient (Wildman–Crippen LogP) is 3.12. The largest absolute Gasteiger partial charge is 0.478 e. The van der Waals surface area contributed by atoms with Gasteiger partial charge in [-0.05, 0) is 55.6 Å². The summed E-state index contributed by atoms with van der Waals surface area (Å²) in [4.78, 5) is 15.8. The number of fused-ring (bicyclic) bond motifs is 2. The highest BCUT2D eigenvalue weighted by atomic mass is 35.5. The Labute approximate surface area is 135 Å². The summed E-state index contributed by atoms with van der Waals surface area (Å²) in [5, 5.41) is 13.4. The van der Waals surface area contributed by atoms with Gasteiger partial charge < -0.3 is 10.4 Å². The van der Waals surface area contributed by atoms with E-state index >= 15 is 0 Å². The molecule has 0 atom stereocenters. The highest BCUT2D eigenvalue weighted by molar-refractivity contribution is 5.94. The number of carboxylic acid groups (broad SMARTS) is 1. The van der Waals surface area contributed by atoms with Gasteiger partial charge in [-0.2, -0.15) is 0 Å². The van der Waals surface area contributed by atoms with Crippen molar-refractivity contribution in [2.45, 2.75) is 26.3 Å². The Balaban J connectivity index is 0.00000110. The fourth-order valence-corrected chi connectivity index (χ4v) is 2.69. The lowest BCUT2D eigenvalue weighted by Crippen LogP contribution is -2.13. The average molecular weight is 329 g/mol. The van der Waals surface area contributed by atoms with Gasteiger partial charge in [0.05, 0.1) is 11.1 Å². The Morgan fingerprint density at radius 1 is 1.33 bits per heavy atom. The number of halogens is 2. The van der Waals surface area contributed by atoms with Crippen LogP contribution in [0.2, 0.25) is 0 Å². The van der Waals surface area contributed by atoms with Gasteiger partial charge >= 0.3 is 5.97 Å². The van der Waals surface area contributed by atoms with E-state index in [9.17, 15) is 4.79 Å². The minimum absolute atomic E-state index is 0. The van der Waals surface area contributed by atoms with Gasteiger partial charge in [0, 0.05) is 17.6 Å². The average Bonchev–Trinajstić information content (AvgIpc) is 2.64. The van der Waals surface area contributed by atoms with E-state index in [1.807, 2.05) is 6.07 Å². The molecule has 0 bridgehead atoms. The molecule has 4 nitrogen and oxygen atoms in total. The molecule has 2 N–H and O–H groups in total. The molecule has 0 fully saturated rings. The van der Waals surface area contributed by atoms with Crippen molar-refractivity contribution < 1.29 is 9.90 Å². The SMILES string of the molecule is Cc1c2c(nc3ccc(C(=O)O)cc13)CCCNC2.Cl.Cl. The molecule has 1 aromatic carbocycles. The molecule has 1 aliphatic heterocycles. The number of aromatic nitrogens is 1. The van der Waals surface area contributed by atoms with Crippen LogP contribution in [0.3, 0.4) is 0 Å². The molecule has 2 aromatic rings. The quantitative estimate of drug-likeness (QED) is 0.844. The maximum absolute atomic E-state index is 11.1. The van der Waals surface area contributed by atoms with E-state index in [1.165, 1.54) is 5.56 Å². The van der Waals surface area contributed by atoms with E-state index in [0.29, 0.717) is 5.56 Å². The van der Waals surface area contributed by atoms with Crippen LogP contribution >= 0.6 is 24.8 Å². The normalized spacial score (nSPS) is 13.6. The molecule has 6 heteroatoms. The number of rotatable bonds is 1. The Bertz CT molecular complexity index is 674. The number of carbonyl (C=O) groups is 1. The molecule has 0 radical (unpaired) electrons. The molecule has 114 valence electrons. The van der Waals surface area contributed by atoms with Gasteiger partial charge in [0.1, 0.15) is 0 Å². The third kappa shape index (κ3) is 3.28. The van der Waals surface area contributed by atoms with Crippen LogP contribution in [0.1, 0.15) is 33.6 Å². The molecular weight excluding hydrogens is 311 g/mol. The Kier molecular flexibility index (Phi) is 5.96. The second kappa shape index (κ2) is 7.07. The zero-order chi connectivity index (χ0) is 13.4. The first-order valence-electron chi connectivity index (χ1n) is 6.53. The van der Waals surface area contributed by atoms with Crippen LogP contribution in [0, 0.1) is 6.92 Å². The van der Waals surface area contributed by atoms with Crippen LogP contribution < -0.4 is 5.32 Å². The van der Waals surface area contributed by atoms with Gasteiger partial charge in [-0.3, -0.25) is 4.98 Å². The second-order valence-electron chi connectivity index (χ2n) is 4.98. The van der Waals surface area contributed by atoms with Crippen LogP contribution in [0.5, 0.6) is 0 Å². The van der Waals surface area contributed by atoms with Crippen LogP contribution in [0.25, 0.3) is 10.9 Å². The van der Waals surface area contributed by atoms with Crippen molar-refractivity contribution in [1.29, 1.82) is 0 Å². The standard InChI is InChI=1S/C15H16N2O2.2ClH/c1-9-11-7-10(15(18)19)4-5-14(11)17-13-3-2-6-16-8-12(9)13;;/h4-5,7,16H,2-3,6,8H2,1H3,(H,18,19);2*1H. The first-order valence-corrected chi connectivity index (χ1v) is 6.53. The first-order chi connectivity index (χ1) is 9.16. The summed E-state index contributed by atoms with van der Waals surface area (Å²) in [6.45, 7) is 3.88. The number of benzene rings is 1. The molecule has 0 unspecified atom stereocenters. The number of pyridine rings is 1. The van der Waals surface area contributed by atoms with Gasteiger partial charge in [-0.1, -0.05) is 0 Å². The lowest BCUT2D eigenvalue weighted by atomic mass is 9.99. The maximum atomic E-state index is 11.1. The zero-order valence-electron chi connectivity index (χ0n) is 11.7. The van der Waals surface area contributed by atoms with E-state index in [1.54, 1.807) is 12.1 Å². The van der Waals surface area contributed by atoms with Crippen LogP contribution in [-0.4, -0.2) is 22.6 Å². The summed E-state index contributed by atoms with van der Waals surface area (Å²) in [6, 6.07) is 5.16. The van der Waals surface area contributed by atoms with Gasteiger partial charge in [0.2, 0.25) is 0 Å². The second-order valence-corrected chi connectivity index (χ2v) is 4.98. The molecular formula is C15H18Cl2N2O2. The van der Waals surface area contributed by atoms with Gasteiger partial charge in [-0.25, -0.2) is 4.79 Å². The van der Waals surface area contributed by atoms with Crippen molar-refractivity contribution >= 4 is 41.7 Å². The highest BCUT2D eigenvalue weighted by Gasteiger charge is 2.15. The van der Waals surface area contributed by atoms with Crippen LogP contribution in [-0.2, 0) is 13.0 Å². The van der Waals surface area contributed by atoms with E-state index in [0.717, 1.165) is 48.1 Å². The number of hydrogen-bond donors (Lipinski definition) is 2. The summed E-state index contributed by atoms with van der Waals surface area (Å²) in [5.41, 5.74) is 4.74. The van der Waals surface area contributed by atoms with Crippen molar-refractivity contribution in [2.24, 2.45) is 0 Å². The molecule has 0 saturated carbocycles. The monoisotopic (exact) mass is 328 g/mol. The van der Waals surface area contributed by atoms with Crippen LogP contribution in [0.4, 0.5) is 0 Å². The highest BCUT2D eigenvalue weighted by Crippen LogP contribution is 2.25. The zero-order valence-corrected chi connectivity index (χ0v) is 13.3. The van der Waals surface area contributed by atoms with Crippen molar-refractivity contribution in [3.8, 4) is 0 Å². The van der Waals surface area contributed by atoms with E-state index in [2.05, 4.69) is 12.2 Å². The van der Waals surface area contributed by atoms with Gasteiger partial charge in [0.25, 0.3) is 0 Å². The third-order valence-corrected chi connectivity index (χ3v) is 3.77. The molecule has 21 heavy (non-hydrogen) atoms. The van der Waals surface area contributed by atoms with Gasteiger partial charge in [0.15, 0.2) is 0 Å². The molecule has 0 saturated heterocycles. The smallest absolute Gasteiger partial charge is 0.335 e. The van der Waals surface area contributed by atoms with Crippen molar-refractivity contribution in [2.75, 3.05) is 6.54 Å². The summed E-state index contributed by atoms with van der Waals surface area (Å²) in [7, 11) is 0. The number of carboxylic acids is 1.